The van der Waals surface area contributed by atoms with Crippen LogP contribution < -0.4 is 20.1 Å². The number of nitrogens with zero attached hydrogens (tertiary/aromatic N) is 5. The number of hydrogen-bond donors (Lipinski definition) is 1. The molecule has 2 amide bonds. The second-order valence-electron chi connectivity index (χ2n) is 13.7. The zero-order chi connectivity index (χ0) is 35.4. The molecule has 2 aliphatic heterocycles. The normalized spacial score (nSPS) is 18.6. The van der Waals surface area contributed by atoms with Gasteiger partial charge < -0.3 is 23.9 Å². The molecule has 13 nitrogen and oxygen atoms in total. The minimum absolute atomic E-state index is 0.0982. The number of anilines is 2. The first-order valence-electron chi connectivity index (χ1n) is 16.7. The van der Waals surface area contributed by atoms with Crippen molar-refractivity contribution in [2.75, 3.05) is 77.9 Å². The summed E-state index contributed by atoms with van der Waals surface area (Å²) in [5.74, 6) is -1.06. The Morgan fingerprint density at radius 2 is 1.80 bits per heavy atom. The Morgan fingerprint density at radius 3 is 2.47 bits per heavy atom. The summed E-state index contributed by atoms with van der Waals surface area (Å²) < 4.78 is 39.3. The number of amides is 2. The smallest absolute Gasteiger partial charge is 0.341 e. The maximum absolute atomic E-state index is 13.9. The fraction of sp³-hybridized carbons (Fsp3) is 0.514. The van der Waals surface area contributed by atoms with Crippen LogP contribution in [0.1, 0.15) is 55.8 Å². The Morgan fingerprint density at radius 1 is 1.06 bits per heavy atom. The zero-order valence-electron chi connectivity index (χ0n) is 29.3. The lowest BCUT2D eigenvalue weighted by atomic mass is 9.92. The van der Waals surface area contributed by atoms with Crippen LogP contribution >= 0.6 is 0 Å². The SMILES string of the molecule is COC[C@H]1CN(c2cc(C)c3c4c(c(=O)oc3c2C)CN(C(=O)c2ccc(C(=O)NS(=O)(=O)N(C)C)c(N(C)C3CC3)c2)CC4)CCN1C. The van der Waals surface area contributed by atoms with Crippen molar-refractivity contribution in [1.29, 1.82) is 0 Å². The van der Waals surface area contributed by atoms with E-state index in [-0.39, 0.29) is 30.1 Å². The Bertz CT molecular complexity index is 1970. The third-order valence-corrected chi connectivity index (χ3v) is 11.6. The van der Waals surface area contributed by atoms with Crippen LogP contribution in [0.3, 0.4) is 0 Å². The molecule has 6 rings (SSSR count). The molecular weight excluding hydrogens is 648 g/mol. The third kappa shape index (κ3) is 6.66. The van der Waals surface area contributed by atoms with Gasteiger partial charge in [-0.3, -0.25) is 14.5 Å². The Kier molecular flexibility index (Phi) is 9.52. The maximum Gasteiger partial charge on any atom is 0.341 e. The highest BCUT2D eigenvalue weighted by Crippen LogP contribution is 2.37. The fourth-order valence-electron chi connectivity index (χ4n) is 7.04. The van der Waals surface area contributed by atoms with Crippen molar-refractivity contribution < 1.29 is 27.2 Å². The number of rotatable bonds is 9. The number of likely N-dealkylation sites (N-methyl/N-ethyl adjacent to an activating group) is 1. The average molecular weight is 695 g/mol. The van der Waals surface area contributed by atoms with E-state index in [0.29, 0.717) is 42.0 Å². The minimum Gasteiger partial charge on any atom is -0.422 e. The van der Waals surface area contributed by atoms with Crippen LogP contribution in [0.15, 0.2) is 33.5 Å². The number of aryl methyl sites for hydroxylation is 2. The number of methoxy groups -OCH3 is 1. The van der Waals surface area contributed by atoms with Gasteiger partial charge >= 0.3 is 15.8 Å². The van der Waals surface area contributed by atoms with Gasteiger partial charge in [-0.15, -0.1) is 0 Å². The molecule has 264 valence electrons. The maximum atomic E-state index is 13.9. The second kappa shape index (κ2) is 13.4. The number of carbonyl (C=O) groups is 2. The van der Waals surface area contributed by atoms with Gasteiger partial charge in [0.1, 0.15) is 5.58 Å². The molecule has 1 saturated carbocycles. The Hall–Kier alpha value is -3.98. The molecule has 14 heteroatoms. The molecule has 0 unspecified atom stereocenters. The number of fused-ring (bicyclic) bond motifs is 3. The van der Waals surface area contributed by atoms with E-state index in [0.717, 1.165) is 64.5 Å². The predicted octanol–water partition coefficient (Wildman–Crippen LogP) is 2.51. The van der Waals surface area contributed by atoms with Gasteiger partial charge in [-0.05, 0) is 75.5 Å². The average Bonchev–Trinajstić information content (AvgIpc) is 3.92. The first kappa shape index (κ1) is 34.9. The molecule has 3 aromatic rings. The van der Waals surface area contributed by atoms with Crippen LogP contribution in [0, 0.1) is 13.8 Å². The molecule has 1 aromatic heterocycles. The highest BCUT2D eigenvalue weighted by molar-refractivity contribution is 7.87. The van der Waals surface area contributed by atoms with Gasteiger partial charge in [0, 0.05) is 82.7 Å². The summed E-state index contributed by atoms with van der Waals surface area (Å²) >= 11 is 0. The molecule has 2 aromatic carbocycles. The van der Waals surface area contributed by atoms with Crippen molar-refractivity contribution in [3.8, 4) is 0 Å². The summed E-state index contributed by atoms with van der Waals surface area (Å²) in [7, 11) is 4.32. The summed E-state index contributed by atoms with van der Waals surface area (Å²) in [6.07, 6.45) is 2.36. The van der Waals surface area contributed by atoms with Crippen LogP contribution in [0.2, 0.25) is 0 Å². The van der Waals surface area contributed by atoms with Crippen molar-refractivity contribution in [2.24, 2.45) is 0 Å². The highest BCUT2D eigenvalue weighted by atomic mass is 32.2. The van der Waals surface area contributed by atoms with E-state index in [1.165, 1.54) is 26.2 Å². The number of ether oxygens (including phenoxy) is 1. The number of nitrogens with one attached hydrogen (secondary N) is 1. The standard InChI is InChI=1S/C35H46N6O7S/c1-21-16-29(40-15-14-38(5)25(18-40)20-47-7)22(2)32-31(21)26-12-13-41(19-28(26)35(44)48-32)34(43)23-8-11-27(30(17-23)39(6)24-9-10-24)33(42)36-49(45,46)37(3)4/h8,11,16-17,24-25H,9-10,12-15,18-20H2,1-7H3,(H,36,42)/t25-/m1/s1. The Labute approximate surface area is 287 Å². The van der Waals surface area contributed by atoms with Crippen LogP contribution in [-0.2, 0) is 27.9 Å². The molecule has 0 bridgehead atoms. The van der Waals surface area contributed by atoms with Crippen LogP contribution in [0.5, 0.6) is 0 Å². The fourth-order valence-corrected chi connectivity index (χ4v) is 7.57. The van der Waals surface area contributed by atoms with Gasteiger partial charge in [0.25, 0.3) is 11.8 Å². The zero-order valence-corrected chi connectivity index (χ0v) is 30.1. The molecule has 0 radical (unpaired) electrons. The van der Waals surface area contributed by atoms with Crippen LogP contribution in [-0.4, -0.2) is 115 Å². The van der Waals surface area contributed by atoms with Gasteiger partial charge in [0.2, 0.25) is 0 Å². The van der Waals surface area contributed by atoms with Gasteiger partial charge in [0.15, 0.2) is 0 Å². The first-order chi connectivity index (χ1) is 23.2. The predicted molar refractivity (Wildman–Crippen MR) is 189 cm³/mol. The first-order valence-corrected chi connectivity index (χ1v) is 18.1. The van der Waals surface area contributed by atoms with Crippen LogP contribution in [0.25, 0.3) is 11.0 Å². The van der Waals surface area contributed by atoms with Crippen molar-refractivity contribution in [2.45, 2.75) is 51.7 Å². The lowest BCUT2D eigenvalue weighted by Crippen LogP contribution is -2.53. The van der Waals surface area contributed by atoms with E-state index >= 15 is 0 Å². The van der Waals surface area contributed by atoms with Gasteiger partial charge in [-0.1, -0.05) is 0 Å². The molecule has 49 heavy (non-hydrogen) atoms. The van der Waals surface area contributed by atoms with Gasteiger partial charge in [-0.25, -0.2) is 9.52 Å². The molecule has 3 heterocycles. The van der Waals surface area contributed by atoms with E-state index in [2.05, 4.69) is 27.6 Å². The van der Waals surface area contributed by atoms with Gasteiger partial charge in [-0.2, -0.15) is 12.7 Å². The molecule has 1 saturated heterocycles. The number of piperazine rings is 1. The summed E-state index contributed by atoms with van der Waals surface area (Å²) in [6, 6.07) is 7.30. The third-order valence-electron chi connectivity index (χ3n) is 10.2. The monoisotopic (exact) mass is 694 g/mol. The molecule has 2 fully saturated rings. The molecule has 1 atom stereocenters. The van der Waals surface area contributed by atoms with Crippen molar-refractivity contribution >= 4 is 44.4 Å². The van der Waals surface area contributed by atoms with Crippen molar-refractivity contribution in [3.05, 3.63) is 68.1 Å². The lowest BCUT2D eigenvalue weighted by molar-refractivity contribution is 0.0732. The van der Waals surface area contributed by atoms with E-state index < -0.39 is 21.7 Å². The summed E-state index contributed by atoms with van der Waals surface area (Å²) in [5, 5.41) is 0.932. The molecule has 3 aliphatic rings. The summed E-state index contributed by atoms with van der Waals surface area (Å²) in [6.45, 7) is 7.75. The van der Waals surface area contributed by atoms with E-state index in [1.54, 1.807) is 18.1 Å². The minimum atomic E-state index is -4.01. The van der Waals surface area contributed by atoms with Gasteiger partial charge in [0.05, 0.1) is 36.0 Å². The number of hydrogen-bond acceptors (Lipinski definition) is 10. The largest absolute Gasteiger partial charge is 0.422 e. The van der Waals surface area contributed by atoms with Crippen LogP contribution in [0.4, 0.5) is 11.4 Å². The molecule has 1 aliphatic carbocycles. The molecule has 1 N–H and O–H groups in total. The molecule has 0 spiro atoms. The van der Waals surface area contributed by atoms with E-state index in [1.807, 2.05) is 25.8 Å². The topological polar surface area (TPSA) is 136 Å². The highest BCUT2D eigenvalue weighted by Gasteiger charge is 2.33. The van der Waals surface area contributed by atoms with E-state index in [4.69, 9.17) is 9.15 Å². The number of benzene rings is 2. The van der Waals surface area contributed by atoms with Crippen molar-refractivity contribution in [1.82, 2.24) is 18.8 Å². The van der Waals surface area contributed by atoms with E-state index in [9.17, 15) is 22.8 Å². The second-order valence-corrected chi connectivity index (χ2v) is 15.6. The van der Waals surface area contributed by atoms with Crippen molar-refractivity contribution in [3.63, 3.8) is 0 Å². The molecular formula is C35H46N6O7S. The number of carbonyl (C=O) groups excluding carboxylic acids is 2. The summed E-state index contributed by atoms with van der Waals surface area (Å²) in [5.41, 5.74) is 5.52. The Balaban J connectivity index is 1.29. The lowest BCUT2D eigenvalue weighted by Gasteiger charge is -2.41. The summed E-state index contributed by atoms with van der Waals surface area (Å²) in [4.78, 5) is 48.8. The quantitative estimate of drug-likeness (QED) is 0.333.